The monoisotopic (exact) mass is 2400 g/mol. The minimum absolute atomic E-state index is 0. The molecule has 0 saturated heterocycles. The molecule has 0 bridgehead atoms. The van der Waals surface area contributed by atoms with Gasteiger partial charge >= 0.3 is 0 Å². The average Bonchev–Trinajstić information content (AvgIpc) is 0.744. The van der Waals surface area contributed by atoms with Crippen LogP contribution in [-0.2, 0) is 80.4 Å². The first-order valence-electron chi connectivity index (χ1n) is 48.7. The number of aryl methyl sites for hydroxylation is 4. The van der Waals surface area contributed by atoms with Crippen LogP contribution in [0.15, 0.2) is 455 Å². The molecule has 0 amide bonds. The Hall–Kier alpha value is -13.6. The fourth-order valence-corrected chi connectivity index (χ4v) is 12.0. The number of benzene rings is 12. The van der Waals surface area contributed by atoms with Gasteiger partial charge in [-0.25, -0.2) is 0 Å². The van der Waals surface area contributed by atoms with Crippen LogP contribution < -0.4 is 0 Å². The first-order valence-corrected chi connectivity index (χ1v) is 39.7. The first kappa shape index (κ1) is 75.6. The normalized spacial score (nSPS) is 11.8. The summed E-state index contributed by atoms with van der Waals surface area (Å²) >= 11 is 0. The van der Waals surface area contributed by atoms with Crippen LogP contribution in [0.25, 0.3) is 135 Å². The Bertz CT molecular complexity index is 7310. The Morgan fingerprint density at radius 3 is 1.19 bits per heavy atom. The minimum atomic E-state index is -0.600. The van der Waals surface area contributed by atoms with Crippen molar-refractivity contribution < 1.29 is 105 Å². The molecule has 8 aromatic heterocycles. The zero-order valence-corrected chi connectivity index (χ0v) is 79.9. The van der Waals surface area contributed by atoms with Gasteiger partial charge in [-0.15, -0.1) is 286 Å². The molecule has 8 nitrogen and oxygen atoms in total. The van der Waals surface area contributed by atoms with Crippen LogP contribution in [0.2, 0.25) is 0 Å². The second-order valence-corrected chi connectivity index (χ2v) is 27.2. The van der Waals surface area contributed by atoms with Gasteiger partial charge in [-0.3, -0.25) is 0 Å². The molecule has 12 aromatic carbocycles. The number of pyridine rings is 8. The van der Waals surface area contributed by atoms with E-state index in [9.17, 15) is 0 Å². The molecule has 20 rings (SSSR count). The van der Waals surface area contributed by atoms with E-state index in [0.29, 0.717) is 5.56 Å². The molecule has 642 valence electrons. The van der Waals surface area contributed by atoms with Crippen molar-refractivity contribution >= 4 is 0 Å². The maximum Gasteiger partial charge on any atom is 0.0836 e. The second-order valence-electron chi connectivity index (χ2n) is 27.2. The number of hydrogen-bond donors (Lipinski definition) is 0. The summed E-state index contributed by atoms with van der Waals surface area (Å²) in [4.78, 5) is 34.3. The smallest absolute Gasteiger partial charge is 0.0836 e. The van der Waals surface area contributed by atoms with Gasteiger partial charge in [0.15, 0.2) is 0 Å². The van der Waals surface area contributed by atoms with Crippen LogP contribution in [0.4, 0.5) is 0 Å². The molecule has 0 spiro atoms. The molecule has 20 aromatic rings. The average molecular weight is 2400 g/mol. The van der Waals surface area contributed by atoms with E-state index < -0.39 is 78.8 Å². The van der Waals surface area contributed by atoms with E-state index in [-0.39, 0.29) is 150 Å². The summed E-state index contributed by atoms with van der Waals surface area (Å²) in [6, 6.07) is 121. The molecule has 0 aliphatic heterocycles. The van der Waals surface area contributed by atoms with Crippen molar-refractivity contribution in [2.24, 2.45) is 0 Å². The van der Waals surface area contributed by atoms with Crippen LogP contribution in [0.3, 0.4) is 0 Å². The molecular formula is C117H90Ir4N8-8. The molecule has 0 unspecified atom stereocenters. The molecule has 12 heteroatoms. The summed E-state index contributed by atoms with van der Waals surface area (Å²) in [6.45, 7) is 9.14. The molecule has 4 radical (unpaired) electrons. The van der Waals surface area contributed by atoms with Crippen molar-refractivity contribution in [2.75, 3.05) is 0 Å². The Kier molecular flexibility index (Phi) is 31.9. The molecule has 0 aliphatic carbocycles. The fraction of sp³-hybridized carbons (Fsp3) is 0.0427. The van der Waals surface area contributed by atoms with E-state index in [0.717, 1.165) is 84.4 Å². The zero-order valence-electron chi connectivity index (χ0n) is 88.3. The third-order valence-electron chi connectivity index (χ3n) is 18.2. The van der Waals surface area contributed by atoms with E-state index in [1.165, 1.54) is 40.3 Å². The molecule has 0 N–H and O–H groups in total. The van der Waals surface area contributed by atoms with Crippen LogP contribution in [0.1, 0.15) is 52.6 Å². The van der Waals surface area contributed by atoms with Crippen molar-refractivity contribution in [2.45, 2.75) is 34.6 Å². The largest absolute Gasteiger partial charge is 0.305 e. The predicted molar refractivity (Wildman–Crippen MR) is 514 cm³/mol. The maximum atomic E-state index is 8.47. The van der Waals surface area contributed by atoms with Gasteiger partial charge in [0, 0.05) is 139 Å². The van der Waals surface area contributed by atoms with Gasteiger partial charge in [0.2, 0.25) is 0 Å². The van der Waals surface area contributed by atoms with Crippen molar-refractivity contribution in [3.63, 3.8) is 0 Å². The molecule has 0 aliphatic rings. The molecule has 0 saturated carbocycles. The van der Waals surface area contributed by atoms with Gasteiger partial charge in [-0.1, -0.05) is 219 Å². The van der Waals surface area contributed by atoms with E-state index in [1.54, 1.807) is 13.1 Å². The summed E-state index contributed by atoms with van der Waals surface area (Å²) in [6.07, 6.45) is 8.40. The predicted octanol–water partition coefficient (Wildman–Crippen LogP) is 28.6. The Morgan fingerprint density at radius 2 is 0.713 bits per heavy atom. The van der Waals surface area contributed by atoms with Crippen molar-refractivity contribution in [3.8, 4) is 135 Å². The topological polar surface area (TPSA) is 103 Å². The Labute approximate surface area is 839 Å². The van der Waals surface area contributed by atoms with Crippen LogP contribution in [-0.4, -0.2) is 39.9 Å². The quantitative estimate of drug-likeness (QED) is 0.111. The van der Waals surface area contributed by atoms with Crippen molar-refractivity contribution in [1.29, 1.82) is 0 Å². The summed E-state index contributed by atoms with van der Waals surface area (Å²) in [5.41, 5.74) is 22.1. The number of rotatable bonds is 12. The molecule has 129 heavy (non-hydrogen) atoms. The second kappa shape index (κ2) is 54.5. The number of nitrogens with zero attached hydrogens (tertiary/aromatic N) is 8. The van der Waals surface area contributed by atoms with Gasteiger partial charge < -0.3 is 39.9 Å². The first-order chi connectivity index (χ1) is 69.0. The van der Waals surface area contributed by atoms with Crippen LogP contribution in [0, 0.1) is 83.1 Å². The SMILES string of the molecule is Cc1cc(-c2[c-]cccc2)ncc1-c1ccccc1.Cc1ccc(-c2[c-]cccc2)nc1.Cc1cccc(-c2[c-]cccc2)n1.[2H]c1[c-]c(-c2nc([2H])c(-c3c([2H])c([2H])c([2H])c([2H])c3[2H])c([2H])c2C)c([2H])c([2H])c1[2H].[2H]c1nc(-c2[c-]c(C)c([2H])c([2H])c2[2H])c([2H])c([2H])c1[2H].[Ir].[Ir].[Ir].[Ir].[c-]1ccccc1-c1ccc(-c2ccccc2)cn1.[c-]1ccccc1-c1ccc(-c2ccccc2)cn1.[c-]1ccccc1-c1ccccn1. The van der Waals surface area contributed by atoms with Gasteiger partial charge in [0.1, 0.15) is 0 Å². The van der Waals surface area contributed by atoms with E-state index in [2.05, 4.69) is 156 Å². The summed E-state index contributed by atoms with van der Waals surface area (Å²) in [7, 11) is 0. The minimum Gasteiger partial charge on any atom is -0.305 e. The summed E-state index contributed by atoms with van der Waals surface area (Å²) in [5, 5.41) is 0. The van der Waals surface area contributed by atoms with Gasteiger partial charge in [-0.2, -0.15) is 0 Å². The molecule has 0 fully saturated rings. The Balaban J connectivity index is 0.000000189. The molecule has 0 atom stereocenters. The van der Waals surface area contributed by atoms with Crippen LogP contribution >= 0.6 is 0 Å². The zero-order chi connectivity index (χ0) is 102. The number of hydrogen-bond acceptors (Lipinski definition) is 8. The van der Waals surface area contributed by atoms with Gasteiger partial charge in [0.05, 0.1) is 15.1 Å². The third kappa shape index (κ3) is 31.5. The fourth-order valence-electron chi connectivity index (χ4n) is 12.0. The van der Waals surface area contributed by atoms with E-state index in [1.807, 2.05) is 293 Å². The van der Waals surface area contributed by atoms with Crippen molar-refractivity contribution in [1.82, 2.24) is 39.9 Å². The molecular weight excluding hydrogens is 2290 g/mol. The van der Waals surface area contributed by atoms with Gasteiger partial charge in [0.25, 0.3) is 0 Å². The van der Waals surface area contributed by atoms with Crippen LogP contribution in [0.5, 0.6) is 0 Å². The third-order valence-corrected chi connectivity index (χ3v) is 18.2. The molecule has 8 heterocycles. The van der Waals surface area contributed by atoms with Crippen molar-refractivity contribution in [3.05, 3.63) is 532 Å². The number of aromatic nitrogens is 8. The van der Waals surface area contributed by atoms with E-state index >= 15 is 0 Å². The standard InChI is InChI=1S/2C18H14N.2C17H12N.3C12H10N.C11H8N.4Ir/c1-14-12-18(16-10-6-3-7-11-16)19-13-17(14)15-8-4-2-5-9-15;1-14-12-17(15-8-4-2-5-9-15)13-19-18(14)16-10-6-3-7-11-16;2*1-3-7-14(8-4-1)16-11-12-17(18-13-16)15-9-5-2-6-10-15;1-10-5-4-6-11(9-10)12-7-2-3-8-13-12;1-10-6-5-9-12(13-10)11-7-3-2-4-8-11;1-10-7-8-12(13-9-10)11-5-3-2-4-6-11;1-2-6-10(7-3-1)11-8-4-5-9-12-11;;;;/h2*2-10,12-13H,1H3;2*1-9,11-13H;2-8H,1H3;2-7,9H,1H3;2-5,7-9H,1H3;1-6,8-9H;;;;/q8*-1;;;;/i;2D,3D,4D,5D,6D,7D,8D,9D,10D,12D,13D;;;2D,3D,4D,5D,6D,7D,8D;;;;;;;. The maximum absolute atomic E-state index is 8.47. The summed E-state index contributed by atoms with van der Waals surface area (Å²) < 4.78 is 141. The van der Waals surface area contributed by atoms with E-state index in [4.69, 9.17) is 24.7 Å². The van der Waals surface area contributed by atoms with Gasteiger partial charge in [-0.05, 0) is 147 Å². The Morgan fingerprint density at radius 1 is 0.264 bits per heavy atom. The summed E-state index contributed by atoms with van der Waals surface area (Å²) in [5.74, 6) is 0.